The standard InChI is InChI=1S/C11H18BN3O2S/c1-18(2,12)11-7-13-6-8-3-4-9(15(16)17)5-10(8)14-11/h3-5,11,13-14H,6-7,12H2,1-2H3. The lowest BCUT2D eigenvalue weighted by atomic mass is 10.1. The Hall–Kier alpha value is -1.21. The van der Waals surface area contributed by atoms with Crippen LogP contribution in [0.1, 0.15) is 5.56 Å². The predicted molar refractivity (Wildman–Crippen MR) is 80.2 cm³/mol. The molecule has 0 radical (unpaired) electrons. The van der Waals surface area contributed by atoms with Gasteiger partial charge in [0.05, 0.1) is 10.3 Å². The molecule has 1 aliphatic rings. The Balaban J connectivity index is 2.34. The molecule has 1 aliphatic heterocycles. The van der Waals surface area contributed by atoms with Crippen molar-refractivity contribution < 1.29 is 4.92 Å². The monoisotopic (exact) mass is 267 g/mol. The molecule has 0 aliphatic carbocycles. The molecular weight excluding hydrogens is 249 g/mol. The van der Waals surface area contributed by atoms with E-state index in [0.717, 1.165) is 24.3 Å². The lowest BCUT2D eigenvalue weighted by Gasteiger charge is -2.36. The van der Waals surface area contributed by atoms with Crippen LogP contribution in [0, 0.1) is 10.1 Å². The van der Waals surface area contributed by atoms with Gasteiger partial charge in [-0.2, -0.15) is 0 Å². The first-order valence-corrected chi connectivity index (χ1v) is 8.72. The van der Waals surface area contributed by atoms with Crippen molar-refractivity contribution in [1.29, 1.82) is 0 Å². The van der Waals surface area contributed by atoms with Crippen LogP contribution in [-0.2, 0) is 6.54 Å². The number of anilines is 1. The number of rotatable bonds is 2. The number of nitro groups is 1. The number of nitrogens with one attached hydrogen (secondary N) is 2. The molecule has 0 amide bonds. The Bertz CT molecular complexity index is 476. The average molecular weight is 267 g/mol. The zero-order valence-electron chi connectivity index (χ0n) is 10.9. The number of hydrogen-bond acceptors (Lipinski definition) is 4. The molecule has 1 aromatic carbocycles. The Morgan fingerprint density at radius 1 is 1.50 bits per heavy atom. The van der Waals surface area contributed by atoms with E-state index in [9.17, 15) is 10.1 Å². The second kappa shape index (κ2) is 4.82. The van der Waals surface area contributed by atoms with Gasteiger partial charge in [-0.1, -0.05) is 0 Å². The third-order valence-corrected chi connectivity index (χ3v) is 5.11. The van der Waals surface area contributed by atoms with E-state index >= 15 is 0 Å². The maximum absolute atomic E-state index is 10.8. The number of benzene rings is 1. The van der Waals surface area contributed by atoms with Crippen LogP contribution < -0.4 is 10.6 Å². The summed E-state index contributed by atoms with van der Waals surface area (Å²) < 4.78 is 0. The van der Waals surface area contributed by atoms with Gasteiger partial charge < -0.3 is 10.6 Å². The molecule has 0 aromatic heterocycles. The molecule has 18 heavy (non-hydrogen) atoms. The van der Waals surface area contributed by atoms with Gasteiger partial charge in [0, 0.05) is 30.9 Å². The first-order chi connectivity index (χ1) is 8.38. The zero-order valence-corrected chi connectivity index (χ0v) is 11.7. The van der Waals surface area contributed by atoms with Crippen molar-refractivity contribution >= 4 is 28.4 Å². The van der Waals surface area contributed by atoms with Crippen LogP contribution >= 0.6 is 9.88 Å². The molecule has 1 atom stereocenters. The fraction of sp³-hybridized carbons (Fsp3) is 0.455. The van der Waals surface area contributed by atoms with Gasteiger partial charge in [0.25, 0.3) is 5.69 Å². The molecule has 2 N–H and O–H groups in total. The lowest BCUT2D eigenvalue weighted by Crippen LogP contribution is -2.34. The number of fused-ring (bicyclic) bond motifs is 1. The van der Waals surface area contributed by atoms with Crippen LogP contribution in [0.3, 0.4) is 0 Å². The highest BCUT2D eigenvalue weighted by atomic mass is 32.3. The van der Waals surface area contributed by atoms with E-state index in [1.165, 1.54) is 0 Å². The highest BCUT2D eigenvalue weighted by Crippen LogP contribution is 2.41. The largest absolute Gasteiger partial charge is 0.374 e. The number of nitrogens with zero attached hydrogens (tertiary/aromatic N) is 1. The van der Waals surface area contributed by atoms with Crippen LogP contribution in [0.2, 0.25) is 0 Å². The maximum atomic E-state index is 10.8. The minimum absolute atomic E-state index is 0.144. The maximum Gasteiger partial charge on any atom is 0.271 e. The highest BCUT2D eigenvalue weighted by molar-refractivity contribution is 8.49. The van der Waals surface area contributed by atoms with Crippen molar-refractivity contribution in [3.63, 3.8) is 0 Å². The Kier molecular flexibility index (Phi) is 3.54. The summed E-state index contributed by atoms with van der Waals surface area (Å²) in [4.78, 5) is 10.5. The number of nitro benzene ring substituents is 1. The van der Waals surface area contributed by atoms with E-state index in [4.69, 9.17) is 0 Å². The Labute approximate surface area is 109 Å². The summed E-state index contributed by atoms with van der Waals surface area (Å²) in [6.45, 7) is 1.65. The van der Waals surface area contributed by atoms with Crippen molar-refractivity contribution in [3.8, 4) is 0 Å². The summed E-state index contributed by atoms with van der Waals surface area (Å²) in [7, 11) is 1.48. The van der Waals surface area contributed by atoms with E-state index in [2.05, 4.69) is 30.3 Å². The van der Waals surface area contributed by atoms with Gasteiger partial charge in [-0.15, -0.1) is 0 Å². The molecule has 1 heterocycles. The summed E-state index contributed by atoms with van der Waals surface area (Å²) in [6, 6.07) is 5.03. The van der Waals surface area contributed by atoms with E-state index in [0.29, 0.717) is 5.37 Å². The van der Waals surface area contributed by atoms with Crippen LogP contribution in [0.5, 0.6) is 0 Å². The summed E-state index contributed by atoms with van der Waals surface area (Å²) in [5.74, 6) is 0. The summed E-state index contributed by atoms with van der Waals surface area (Å²) in [6.07, 6.45) is 4.49. The van der Waals surface area contributed by atoms with E-state index in [1.807, 2.05) is 6.07 Å². The van der Waals surface area contributed by atoms with Crippen molar-refractivity contribution in [3.05, 3.63) is 33.9 Å². The van der Waals surface area contributed by atoms with Crippen molar-refractivity contribution in [2.24, 2.45) is 0 Å². The SMILES string of the molecule is BS(C)(C)C1CNCc2ccc([N+](=O)[O-])cc2N1. The van der Waals surface area contributed by atoms with Crippen molar-refractivity contribution in [2.45, 2.75) is 11.9 Å². The second-order valence-electron chi connectivity index (χ2n) is 5.29. The molecule has 0 spiro atoms. The van der Waals surface area contributed by atoms with Crippen LogP contribution in [0.4, 0.5) is 11.4 Å². The molecule has 98 valence electrons. The van der Waals surface area contributed by atoms with Gasteiger partial charge in [0.2, 0.25) is 0 Å². The van der Waals surface area contributed by atoms with Gasteiger partial charge in [-0.05, 0) is 24.1 Å². The molecule has 1 unspecified atom stereocenters. The van der Waals surface area contributed by atoms with Crippen LogP contribution in [0.25, 0.3) is 0 Å². The van der Waals surface area contributed by atoms with Crippen molar-refractivity contribution in [2.75, 3.05) is 24.4 Å². The quantitative estimate of drug-likeness (QED) is 0.477. The predicted octanol–water partition coefficient (Wildman–Crippen LogP) is 1.05. The second-order valence-corrected chi connectivity index (χ2v) is 9.73. The van der Waals surface area contributed by atoms with Gasteiger partial charge in [-0.25, -0.2) is 0 Å². The third-order valence-electron chi connectivity index (χ3n) is 3.12. The van der Waals surface area contributed by atoms with Gasteiger partial charge in [0.1, 0.15) is 0 Å². The summed E-state index contributed by atoms with van der Waals surface area (Å²) in [5, 5.41) is 18.0. The first kappa shape index (κ1) is 13.2. The lowest BCUT2D eigenvalue weighted by molar-refractivity contribution is -0.384. The molecule has 1 aromatic rings. The van der Waals surface area contributed by atoms with Gasteiger partial charge in [-0.3, -0.25) is 20.0 Å². The topological polar surface area (TPSA) is 67.2 Å². The van der Waals surface area contributed by atoms with E-state index < -0.39 is 9.88 Å². The average Bonchev–Trinajstić information content (AvgIpc) is 2.48. The molecule has 0 fully saturated rings. The molecule has 0 saturated carbocycles. The Morgan fingerprint density at radius 2 is 2.22 bits per heavy atom. The summed E-state index contributed by atoms with van der Waals surface area (Å²) >= 11 is 0. The van der Waals surface area contributed by atoms with E-state index in [1.54, 1.807) is 12.1 Å². The molecule has 5 nitrogen and oxygen atoms in total. The summed E-state index contributed by atoms with van der Waals surface area (Å²) in [5.41, 5.74) is 2.12. The number of non-ortho nitro benzene ring substituents is 1. The molecule has 2 rings (SSSR count). The highest BCUT2D eigenvalue weighted by Gasteiger charge is 2.24. The Morgan fingerprint density at radius 3 is 2.83 bits per heavy atom. The van der Waals surface area contributed by atoms with E-state index in [-0.39, 0.29) is 10.6 Å². The fourth-order valence-corrected chi connectivity index (χ4v) is 3.05. The third kappa shape index (κ3) is 2.79. The normalized spacial score (nSPS) is 20.4. The van der Waals surface area contributed by atoms with Crippen LogP contribution in [0.15, 0.2) is 18.2 Å². The molecule has 0 saturated heterocycles. The fourth-order valence-electron chi connectivity index (χ4n) is 1.96. The zero-order chi connectivity index (χ0) is 13.3. The van der Waals surface area contributed by atoms with Crippen LogP contribution in [-0.4, -0.2) is 36.5 Å². The smallest absolute Gasteiger partial charge is 0.271 e. The molecule has 0 bridgehead atoms. The molecule has 7 heteroatoms. The van der Waals surface area contributed by atoms with Crippen molar-refractivity contribution in [1.82, 2.24) is 5.32 Å². The first-order valence-electron chi connectivity index (χ1n) is 5.79. The number of hydrogen-bond donors (Lipinski definition) is 2. The minimum atomic E-state index is -0.768. The van der Waals surface area contributed by atoms with Gasteiger partial charge >= 0.3 is 0 Å². The van der Waals surface area contributed by atoms with Gasteiger partial charge in [0.15, 0.2) is 7.12 Å². The molecular formula is C11H18BN3O2S. The minimum Gasteiger partial charge on any atom is -0.374 e.